The number of amides is 1. The summed E-state index contributed by atoms with van der Waals surface area (Å²) in [6, 6.07) is 16.2. The molecule has 0 saturated carbocycles. The van der Waals surface area contributed by atoms with Crippen LogP contribution in [-0.2, 0) is 11.3 Å². The number of benzene rings is 1. The van der Waals surface area contributed by atoms with Gasteiger partial charge in [0.15, 0.2) is 0 Å². The summed E-state index contributed by atoms with van der Waals surface area (Å²) in [6.45, 7) is 0.286. The smallest absolute Gasteiger partial charge is 0.262 e. The number of furan rings is 1. The van der Waals surface area contributed by atoms with Crippen LogP contribution in [0.25, 0.3) is 17.4 Å². The van der Waals surface area contributed by atoms with E-state index in [0.717, 1.165) is 11.1 Å². The van der Waals surface area contributed by atoms with Crippen molar-refractivity contribution < 1.29 is 9.21 Å². The summed E-state index contributed by atoms with van der Waals surface area (Å²) in [4.78, 5) is 16.2. The second kappa shape index (κ2) is 8.15. The number of rotatable bonds is 5. The van der Waals surface area contributed by atoms with E-state index in [2.05, 4.69) is 10.3 Å². The van der Waals surface area contributed by atoms with Crippen molar-refractivity contribution in [3.05, 3.63) is 82.8 Å². The van der Waals surface area contributed by atoms with Crippen LogP contribution in [0, 0.1) is 11.3 Å². The molecule has 0 fully saturated rings. The van der Waals surface area contributed by atoms with E-state index in [9.17, 15) is 10.1 Å². The molecular weight excluding hydrogens is 350 g/mol. The molecule has 0 atom stereocenters. The molecule has 0 spiro atoms. The highest BCUT2D eigenvalue weighted by molar-refractivity contribution is 6.33. The van der Waals surface area contributed by atoms with Crippen molar-refractivity contribution in [2.24, 2.45) is 0 Å². The summed E-state index contributed by atoms with van der Waals surface area (Å²) < 4.78 is 5.69. The van der Waals surface area contributed by atoms with Crippen LogP contribution in [0.1, 0.15) is 11.3 Å². The number of carbonyl (C=O) groups is 1. The monoisotopic (exact) mass is 363 g/mol. The number of hydrogen-bond donors (Lipinski definition) is 1. The van der Waals surface area contributed by atoms with Crippen molar-refractivity contribution in [2.75, 3.05) is 0 Å². The number of nitriles is 1. The zero-order valence-corrected chi connectivity index (χ0v) is 14.4. The van der Waals surface area contributed by atoms with Gasteiger partial charge in [-0.15, -0.1) is 0 Å². The van der Waals surface area contributed by atoms with E-state index in [1.807, 2.05) is 30.3 Å². The Morgan fingerprint density at radius 3 is 2.81 bits per heavy atom. The first-order chi connectivity index (χ1) is 12.7. The number of pyridine rings is 1. The minimum absolute atomic E-state index is 0.0473. The SMILES string of the molecule is N#C/C(=C\c1ccc(-c2ccccc2Cl)o1)C(=O)NCc1cccnc1. The van der Waals surface area contributed by atoms with E-state index in [1.54, 1.807) is 36.7 Å². The molecule has 1 N–H and O–H groups in total. The second-order valence-electron chi connectivity index (χ2n) is 5.40. The largest absolute Gasteiger partial charge is 0.457 e. The van der Waals surface area contributed by atoms with Gasteiger partial charge in [0.2, 0.25) is 0 Å². The first-order valence-electron chi connectivity index (χ1n) is 7.81. The lowest BCUT2D eigenvalue weighted by Gasteiger charge is -2.03. The van der Waals surface area contributed by atoms with Gasteiger partial charge in [-0.1, -0.05) is 29.8 Å². The Morgan fingerprint density at radius 2 is 2.08 bits per heavy atom. The third-order valence-electron chi connectivity index (χ3n) is 3.59. The molecule has 0 aliphatic heterocycles. The zero-order valence-electron chi connectivity index (χ0n) is 13.6. The van der Waals surface area contributed by atoms with E-state index in [1.165, 1.54) is 6.08 Å². The Labute approximate surface area is 155 Å². The number of nitrogens with one attached hydrogen (secondary N) is 1. The summed E-state index contributed by atoms with van der Waals surface area (Å²) in [7, 11) is 0. The first-order valence-corrected chi connectivity index (χ1v) is 8.19. The summed E-state index contributed by atoms with van der Waals surface area (Å²) in [6.07, 6.45) is 4.71. The van der Waals surface area contributed by atoms with Gasteiger partial charge in [-0.3, -0.25) is 9.78 Å². The van der Waals surface area contributed by atoms with Gasteiger partial charge in [-0.2, -0.15) is 5.26 Å². The molecule has 0 unspecified atom stereocenters. The standard InChI is InChI=1S/C20H14ClN3O2/c21-18-6-2-1-5-17(18)19-8-7-16(26-19)10-15(11-22)20(25)24-13-14-4-3-9-23-12-14/h1-10,12H,13H2,(H,24,25)/b15-10+. The van der Waals surface area contributed by atoms with E-state index >= 15 is 0 Å². The van der Waals surface area contributed by atoms with Crippen LogP contribution in [-0.4, -0.2) is 10.9 Å². The Bertz CT molecular complexity index is 988. The van der Waals surface area contributed by atoms with Crippen LogP contribution in [0.15, 0.2) is 70.9 Å². The third kappa shape index (κ3) is 4.18. The lowest BCUT2D eigenvalue weighted by molar-refractivity contribution is -0.117. The second-order valence-corrected chi connectivity index (χ2v) is 5.80. The van der Waals surface area contributed by atoms with Crippen molar-refractivity contribution in [2.45, 2.75) is 6.54 Å². The maximum absolute atomic E-state index is 12.2. The molecule has 2 heterocycles. The van der Waals surface area contributed by atoms with Crippen LogP contribution >= 0.6 is 11.6 Å². The Morgan fingerprint density at radius 1 is 1.23 bits per heavy atom. The van der Waals surface area contributed by atoms with Gasteiger partial charge in [0.25, 0.3) is 5.91 Å². The number of hydrogen-bond acceptors (Lipinski definition) is 4. The lowest BCUT2D eigenvalue weighted by Crippen LogP contribution is -2.23. The fourth-order valence-electron chi connectivity index (χ4n) is 2.31. The van der Waals surface area contributed by atoms with Crippen LogP contribution in [0.4, 0.5) is 0 Å². The Kier molecular flexibility index (Phi) is 5.47. The van der Waals surface area contributed by atoms with E-state index in [0.29, 0.717) is 16.5 Å². The molecule has 0 saturated heterocycles. The van der Waals surface area contributed by atoms with Crippen LogP contribution in [0.3, 0.4) is 0 Å². The summed E-state index contributed by atoms with van der Waals surface area (Å²) in [5.41, 5.74) is 1.54. The fraction of sp³-hybridized carbons (Fsp3) is 0.0500. The average molecular weight is 364 g/mol. The Hall–Kier alpha value is -3.36. The van der Waals surface area contributed by atoms with Gasteiger partial charge in [0.1, 0.15) is 23.2 Å². The molecule has 128 valence electrons. The van der Waals surface area contributed by atoms with Gasteiger partial charge in [-0.05, 0) is 35.9 Å². The molecular formula is C20H14ClN3O2. The van der Waals surface area contributed by atoms with Gasteiger partial charge < -0.3 is 9.73 Å². The van der Waals surface area contributed by atoms with Crippen LogP contribution < -0.4 is 5.32 Å². The van der Waals surface area contributed by atoms with Crippen molar-refractivity contribution in [1.82, 2.24) is 10.3 Å². The van der Waals surface area contributed by atoms with Gasteiger partial charge in [-0.25, -0.2) is 0 Å². The fourth-order valence-corrected chi connectivity index (χ4v) is 2.54. The van der Waals surface area contributed by atoms with E-state index in [4.69, 9.17) is 16.0 Å². The van der Waals surface area contributed by atoms with E-state index in [-0.39, 0.29) is 12.1 Å². The minimum atomic E-state index is -0.480. The molecule has 6 heteroatoms. The molecule has 1 amide bonds. The molecule has 0 bridgehead atoms. The normalized spacial score (nSPS) is 11.0. The molecule has 2 aromatic heterocycles. The van der Waals surface area contributed by atoms with Gasteiger partial charge in [0, 0.05) is 30.6 Å². The van der Waals surface area contributed by atoms with E-state index < -0.39 is 5.91 Å². The number of carbonyl (C=O) groups excluding carboxylic acids is 1. The molecule has 3 rings (SSSR count). The van der Waals surface area contributed by atoms with Crippen LogP contribution in [0.5, 0.6) is 0 Å². The van der Waals surface area contributed by atoms with Crippen molar-refractivity contribution >= 4 is 23.6 Å². The predicted octanol–water partition coefficient (Wildman–Crippen LogP) is 4.22. The first kappa shape index (κ1) is 17.5. The molecule has 1 aromatic carbocycles. The molecule has 3 aromatic rings. The average Bonchev–Trinajstić information content (AvgIpc) is 3.13. The topological polar surface area (TPSA) is 78.9 Å². The Balaban J connectivity index is 1.74. The quantitative estimate of drug-likeness (QED) is 0.543. The zero-order chi connectivity index (χ0) is 18.4. The van der Waals surface area contributed by atoms with Gasteiger partial charge in [0.05, 0.1) is 5.02 Å². The summed E-state index contributed by atoms with van der Waals surface area (Å²) >= 11 is 6.15. The predicted molar refractivity (Wildman–Crippen MR) is 98.8 cm³/mol. The lowest BCUT2D eigenvalue weighted by atomic mass is 10.2. The van der Waals surface area contributed by atoms with Gasteiger partial charge >= 0.3 is 0 Å². The molecule has 0 aliphatic rings. The van der Waals surface area contributed by atoms with Crippen LogP contribution in [0.2, 0.25) is 5.02 Å². The highest BCUT2D eigenvalue weighted by atomic mass is 35.5. The number of aromatic nitrogens is 1. The maximum Gasteiger partial charge on any atom is 0.262 e. The number of halogens is 1. The molecule has 0 radical (unpaired) electrons. The third-order valence-corrected chi connectivity index (χ3v) is 3.92. The highest BCUT2D eigenvalue weighted by Crippen LogP contribution is 2.29. The maximum atomic E-state index is 12.2. The minimum Gasteiger partial charge on any atom is -0.457 e. The number of nitrogens with zero attached hydrogens (tertiary/aromatic N) is 2. The molecule has 0 aliphatic carbocycles. The van der Waals surface area contributed by atoms with Crippen molar-refractivity contribution in [1.29, 1.82) is 5.26 Å². The summed E-state index contributed by atoms with van der Waals surface area (Å²) in [5.74, 6) is 0.481. The van der Waals surface area contributed by atoms with Crippen molar-refractivity contribution in [3.63, 3.8) is 0 Å². The van der Waals surface area contributed by atoms with Crippen molar-refractivity contribution in [3.8, 4) is 17.4 Å². The summed E-state index contributed by atoms with van der Waals surface area (Å²) in [5, 5.41) is 12.5. The molecule has 5 nitrogen and oxygen atoms in total. The highest BCUT2D eigenvalue weighted by Gasteiger charge is 2.12. The molecule has 26 heavy (non-hydrogen) atoms.